The molecule has 0 fully saturated rings. The van der Waals surface area contributed by atoms with Crippen molar-refractivity contribution in [1.82, 2.24) is 5.06 Å². The molecule has 1 aromatic carbocycles. The zero-order chi connectivity index (χ0) is 11.7. The van der Waals surface area contributed by atoms with Gasteiger partial charge in [0.1, 0.15) is 0 Å². The number of hydrogen-bond acceptors (Lipinski definition) is 3. The molecule has 0 saturated heterocycles. The molecule has 84 valence electrons. The van der Waals surface area contributed by atoms with Crippen LogP contribution in [0.15, 0.2) is 29.6 Å². The first-order valence-electron chi connectivity index (χ1n) is 5.06. The van der Waals surface area contributed by atoms with Gasteiger partial charge < -0.3 is 0 Å². The van der Waals surface area contributed by atoms with E-state index in [9.17, 15) is 10.0 Å². The monoisotopic (exact) mass is 235 g/mol. The molecule has 0 aliphatic carbocycles. The second-order valence-corrected chi connectivity index (χ2v) is 4.64. The van der Waals surface area contributed by atoms with E-state index in [1.54, 1.807) is 11.3 Å². The SMILES string of the molecule is CC(=O)N(O)C(C)c1csc2ccccc12. The van der Waals surface area contributed by atoms with Crippen LogP contribution in [0.1, 0.15) is 25.5 Å². The molecule has 2 rings (SSSR count). The van der Waals surface area contributed by atoms with Gasteiger partial charge in [-0.1, -0.05) is 18.2 Å². The highest BCUT2D eigenvalue weighted by molar-refractivity contribution is 7.17. The Kier molecular flexibility index (Phi) is 2.94. The summed E-state index contributed by atoms with van der Waals surface area (Å²) < 4.78 is 1.17. The lowest BCUT2D eigenvalue weighted by Gasteiger charge is -2.20. The summed E-state index contributed by atoms with van der Waals surface area (Å²) in [6, 6.07) is 7.67. The number of amides is 1. The van der Waals surface area contributed by atoms with Crippen LogP contribution in [-0.4, -0.2) is 16.2 Å². The first kappa shape index (κ1) is 11.1. The summed E-state index contributed by atoms with van der Waals surface area (Å²) in [5.74, 6) is -0.345. The Hall–Kier alpha value is -1.39. The van der Waals surface area contributed by atoms with E-state index in [4.69, 9.17) is 0 Å². The zero-order valence-corrected chi connectivity index (χ0v) is 9.99. The highest BCUT2D eigenvalue weighted by atomic mass is 32.1. The predicted octanol–water partition coefficient (Wildman–Crippen LogP) is 3.20. The largest absolute Gasteiger partial charge is 0.285 e. The van der Waals surface area contributed by atoms with Crippen LogP contribution in [-0.2, 0) is 4.79 Å². The van der Waals surface area contributed by atoms with E-state index in [1.807, 2.05) is 36.6 Å². The summed E-state index contributed by atoms with van der Waals surface area (Å²) in [5, 5.41) is 13.5. The van der Waals surface area contributed by atoms with Crippen molar-refractivity contribution in [2.45, 2.75) is 19.9 Å². The van der Waals surface area contributed by atoms with Gasteiger partial charge in [-0.05, 0) is 29.3 Å². The number of nitrogens with zero attached hydrogens (tertiary/aromatic N) is 1. The van der Waals surface area contributed by atoms with Crippen LogP contribution in [0.4, 0.5) is 0 Å². The minimum absolute atomic E-state index is 0.311. The van der Waals surface area contributed by atoms with Gasteiger partial charge in [0.2, 0.25) is 5.91 Å². The Labute approximate surface area is 97.9 Å². The Bertz CT molecular complexity index is 520. The fraction of sp³-hybridized carbons (Fsp3) is 0.250. The molecule has 1 unspecified atom stereocenters. The lowest BCUT2D eigenvalue weighted by molar-refractivity contribution is -0.172. The highest BCUT2D eigenvalue weighted by Crippen LogP contribution is 2.32. The Morgan fingerprint density at radius 3 is 2.81 bits per heavy atom. The second-order valence-electron chi connectivity index (χ2n) is 3.73. The van der Waals surface area contributed by atoms with Crippen molar-refractivity contribution >= 4 is 27.3 Å². The molecule has 0 bridgehead atoms. The van der Waals surface area contributed by atoms with Gasteiger partial charge >= 0.3 is 0 Å². The van der Waals surface area contributed by atoms with Crippen LogP contribution in [0.5, 0.6) is 0 Å². The fourth-order valence-corrected chi connectivity index (χ4v) is 2.77. The van der Waals surface area contributed by atoms with Crippen molar-refractivity contribution in [2.75, 3.05) is 0 Å². The number of carbonyl (C=O) groups is 1. The number of benzene rings is 1. The Balaban J connectivity index is 2.44. The van der Waals surface area contributed by atoms with Crippen LogP contribution in [0.25, 0.3) is 10.1 Å². The van der Waals surface area contributed by atoms with E-state index in [2.05, 4.69) is 0 Å². The molecule has 0 aliphatic heterocycles. The molecule has 2 aromatic rings. The fourth-order valence-electron chi connectivity index (χ4n) is 1.73. The topological polar surface area (TPSA) is 40.5 Å². The third-order valence-electron chi connectivity index (χ3n) is 2.65. The van der Waals surface area contributed by atoms with Crippen LogP contribution in [0.2, 0.25) is 0 Å². The van der Waals surface area contributed by atoms with Crippen LogP contribution >= 0.6 is 11.3 Å². The van der Waals surface area contributed by atoms with Crippen molar-refractivity contribution in [2.24, 2.45) is 0 Å². The Morgan fingerprint density at radius 2 is 2.12 bits per heavy atom. The van der Waals surface area contributed by atoms with E-state index in [0.29, 0.717) is 0 Å². The van der Waals surface area contributed by atoms with Crippen molar-refractivity contribution in [3.63, 3.8) is 0 Å². The van der Waals surface area contributed by atoms with Crippen LogP contribution in [0, 0.1) is 0 Å². The van der Waals surface area contributed by atoms with E-state index in [1.165, 1.54) is 11.6 Å². The van der Waals surface area contributed by atoms with E-state index < -0.39 is 0 Å². The third-order valence-corrected chi connectivity index (χ3v) is 3.63. The van der Waals surface area contributed by atoms with Crippen molar-refractivity contribution in [1.29, 1.82) is 0 Å². The van der Waals surface area contributed by atoms with Gasteiger partial charge in [-0.25, -0.2) is 5.06 Å². The molecule has 0 spiro atoms. The number of rotatable bonds is 2. The summed E-state index contributed by atoms with van der Waals surface area (Å²) in [6.07, 6.45) is 0. The van der Waals surface area contributed by atoms with Gasteiger partial charge in [-0.2, -0.15) is 0 Å². The smallest absolute Gasteiger partial charge is 0.243 e. The maximum atomic E-state index is 11.1. The Morgan fingerprint density at radius 1 is 1.44 bits per heavy atom. The number of thiophene rings is 1. The summed E-state index contributed by atoms with van der Waals surface area (Å²) in [6.45, 7) is 3.17. The third kappa shape index (κ3) is 1.81. The number of carbonyl (C=O) groups excluding carboxylic acids is 1. The average Bonchev–Trinajstić information content (AvgIpc) is 2.70. The molecule has 0 radical (unpaired) electrons. The minimum atomic E-state index is -0.345. The molecular weight excluding hydrogens is 222 g/mol. The number of hydrogen-bond donors (Lipinski definition) is 1. The first-order chi connectivity index (χ1) is 7.61. The molecule has 1 atom stereocenters. The van der Waals surface area contributed by atoms with Gasteiger partial charge in [0.05, 0.1) is 6.04 Å². The molecule has 1 heterocycles. The van der Waals surface area contributed by atoms with Crippen LogP contribution < -0.4 is 0 Å². The quantitative estimate of drug-likeness (QED) is 0.641. The molecule has 1 N–H and O–H groups in total. The normalized spacial score (nSPS) is 12.7. The van der Waals surface area contributed by atoms with Crippen LogP contribution in [0.3, 0.4) is 0 Å². The molecule has 3 nitrogen and oxygen atoms in total. The molecule has 4 heteroatoms. The van der Waals surface area contributed by atoms with Gasteiger partial charge in [0.25, 0.3) is 0 Å². The lowest BCUT2D eigenvalue weighted by atomic mass is 10.1. The molecule has 0 aliphatic rings. The predicted molar refractivity (Wildman–Crippen MR) is 64.5 cm³/mol. The molecule has 1 aromatic heterocycles. The summed E-state index contributed by atoms with van der Waals surface area (Å²) in [4.78, 5) is 11.1. The molecule has 16 heavy (non-hydrogen) atoms. The zero-order valence-electron chi connectivity index (χ0n) is 9.18. The summed E-state index contributed by atoms with van der Waals surface area (Å²) in [5.41, 5.74) is 0.985. The van der Waals surface area contributed by atoms with E-state index in [0.717, 1.165) is 16.0 Å². The van der Waals surface area contributed by atoms with Crippen molar-refractivity contribution in [3.8, 4) is 0 Å². The number of hydroxylamine groups is 2. The van der Waals surface area contributed by atoms with Crippen molar-refractivity contribution in [3.05, 3.63) is 35.2 Å². The average molecular weight is 235 g/mol. The van der Waals surface area contributed by atoms with Gasteiger partial charge in [0.15, 0.2) is 0 Å². The molecular formula is C12H13NO2S. The molecule has 1 amide bonds. The van der Waals surface area contributed by atoms with Gasteiger partial charge in [-0.15, -0.1) is 11.3 Å². The maximum absolute atomic E-state index is 11.1. The highest BCUT2D eigenvalue weighted by Gasteiger charge is 2.19. The van der Waals surface area contributed by atoms with Gasteiger partial charge in [-0.3, -0.25) is 10.0 Å². The second kappa shape index (κ2) is 4.23. The standard InChI is InChI=1S/C12H13NO2S/c1-8(13(15)9(2)14)11-7-16-12-6-4-3-5-10(11)12/h3-8,15H,1-2H3. The summed E-state index contributed by atoms with van der Waals surface area (Å²) >= 11 is 1.62. The van der Waals surface area contributed by atoms with Crippen molar-refractivity contribution < 1.29 is 10.0 Å². The first-order valence-corrected chi connectivity index (χ1v) is 5.94. The summed E-state index contributed by atoms with van der Waals surface area (Å²) in [7, 11) is 0. The molecule has 0 saturated carbocycles. The van der Waals surface area contributed by atoms with Gasteiger partial charge in [0, 0.05) is 11.6 Å². The lowest BCUT2D eigenvalue weighted by Crippen LogP contribution is -2.27. The van der Waals surface area contributed by atoms with E-state index >= 15 is 0 Å². The van der Waals surface area contributed by atoms with E-state index in [-0.39, 0.29) is 11.9 Å². The number of fused-ring (bicyclic) bond motifs is 1. The minimum Gasteiger partial charge on any atom is -0.285 e. The maximum Gasteiger partial charge on any atom is 0.243 e.